The summed E-state index contributed by atoms with van der Waals surface area (Å²) >= 11 is 1.49. The molecule has 1 aromatic rings. The molecule has 0 aliphatic rings. The average Bonchev–Trinajstić information content (AvgIpc) is 2.30. The second-order valence-electron chi connectivity index (χ2n) is 3.06. The van der Waals surface area contributed by atoms with Gasteiger partial charge < -0.3 is 16.0 Å². The van der Waals surface area contributed by atoms with Crippen LogP contribution in [0.4, 0.5) is 4.39 Å². The topological polar surface area (TPSA) is 78.8 Å². The van der Waals surface area contributed by atoms with Crippen molar-refractivity contribution >= 4 is 17.6 Å². The molecule has 0 heterocycles. The summed E-state index contributed by atoms with van der Waals surface area (Å²) < 4.78 is 13.0. The Bertz CT molecular complexity index is 385. The standard InChI is InChI=1S/C10H13FN2O2S/c11-8-2-1-7(6-16-4-3-14)9(5-8)10(12)13-15/h1-2,5,14-15H,3-4,6H2,(H2,12,13). The van der Waals surface area contributed by atoms with Gasteiger partial charge in [-0.1, -0.05) is 11.2 Å². The maximum atomic E-state index is 13.0. The van der Waals surface area contributed by atoms with Crippen molar-refractivity contribution in [3.63, 3.8) is 0 Å². The van der Waals surface area contributed by atoms with Gasteiger partial charge in [0.25, 0.3) is 0 Å². The molecular weight excluding hydrogens is 231 g/mol. The van der Waals surface area contributed by atoms with E-state index in [1.165, 1.54) is 23.9 Å². The SMILES string of the molecule is NC(=NO)c1cc(F)ccc1CSCCO. The lowest BCUT2D eigenvalue weighted by Crippen LogP contribution is -2.15. The van der Waals surface area contributed by atoms with E-state index in [9.17, 15) is 4.39 Å². The van der Waals surface area contributed by atoms with Crippen LogP contribution in [0.25, 0.3) is 0 Å². The van der Waals surface area contributed by atoms with Crippen LogP contribution in [0.3, 0.4) is 0 Å². The predicted molar refractivity (Wildman–Crippen MR) is 62.2 cm³/mol. The molecule has 4 nitrogen and oxygen atoms in total. The number of amidine groups is 1. The molecule has 0 saturated heterocycles. The van der Waals surface area contributed by atoms with Gasteiger partial charge in [0.15, 0.2) is 5.84 Å². The van der Waals surface area contributed by atoms with Crippen LogP contribution in [-0.4, -0.2) is 28.5 Å². The van der Waals surface area contributed by atoms with Gasteiger partial charge in [0.2, 0.25) is 0 Å². The van der Waals surface area contributed by atoms with E-state index in [4.69, 9.17) is 16.0 Å². The fourth-order valence-electron chi connectivity index (χ4n) is 1.21. The van der Waals surface area contributed by atoms with E-state index in [1.54, 1.807) is 6.07 Å². The molecule has 0 amide bonds. The highest BCUT2D eigenvalue weighted by Gasteiger charge is 2.08. The number of hydrogen-bond donors (Lipinski definition) is 3. The number of halogens is 1. The van der Waals surface area contributed by atoms with Crippen molar-refractivity contribution in [2.24, 2.45) is 10.9 Å². The van der Waals surface area contributed by atoms with E-state index < -0.39 is 5.82 Å². The maximum Gasteiger partial charge on any atom is 0.170 e. The van der Waals surface area contributed by atoms with E-state index >= 15 is 0 Å². The van der Waals surface area contributed by atoms with Crippen LogP contribution >= 0.6 is 11.8 Å². The van der Waals surface area contributed by atoms with Crippen molar-refractivity contribution in [1.29, 1.82) is 0 Å². The average molecular weight is 244 g/mol. The largest absolute Gasteiger partial charge is 0.409 e. The number of aliphatic hydroxyl groups is 1. The first kappa shape index (κ1) is 12.8. The second kappa shape index (κ2) is 6.34. The van der Waals surface area contributed by atoms with Crippen LogP contribution in [0, 0.1) is 5.82 Å². The highest BCUT2D eigenvalue weighted by atomic mass is 32.2. The van der Waals surface area contributed by atoms with Crippen LogP contribution in [-0.2, 0) is 5.75 Å². The van der Waals surface area contributed by atoms with Gasteiger partial charge in [-0.3, -0.25) is 0 Å². The number of rotatable bonds is 5. The molecular formula is C10H13FN2O2S. The first-order chi connectivity index (χ1) is 7.69. The predicted octanol–water partition coefficient (Wildman–Crippen LogP) is 1.15. The van der Waals surface area contributed by atoms with E-state index in [0.29, 0.717) is 17.1 Å². The Morgan fingerprint density at radius 3 is 2.88 bits per heavy atom. The molecule has 0 saturated carbocycles. The molecule has 0 bridgehead atoms. The summed E-state index contributed by atoms with van der Waals surface area (Å²) in [6, 6.07) is 4.14. The molecule has 0 radical (unpaired) electrons. The lowest BCUT2D eigenvalue weighted by Gasteiger charge is -2.07. The molecule has 4 N–H and O–H groups in total. The third kappa shape index (κ3) is 3.39. The number of benzene rings is 1. The zero-order chi connectivity index (χ0) is 12.0. The molecule has 0 atom stereocenters. The number of thioether (sulfide) groups is 1. The van der Waals surface area contributed by atoms with Gasteiger partial charge in [-0.05, 0) is 17.7 Å². The van der Waals surface area contributed by atoms with Crippen molar-refractivity contribution in [3.05, 3.63) is 35.1 Å². The lowest BCUT2D eigenvalue weighted by molar-refractivity contribution is 0.318. The summed E-state index contributed by atoms with van der Waals surface area (Å²) in [7, 11) is 0. The highest BCUT2D eigenvalue weighted by Crippen LogP contribution is 2.17. The molecule has 1 rings (SSSR count). The molecule has 6 heteroatoms. The van der Waals surface area contributed by atoms with Crippen molar-refractivity contribution in [2.75, 3.05) is 12.4 Å². The third-order valence-corrected chi connectivity index (χ3v) is 2.94. The fraction of sp³-hybridized carbons (Fsp3) is 0.300. The van der Waals surface area contributed by atoms with Crippen molar-refractivity contribution in [3.8, 4) is 0 Å². The number of oxime groups is 1. The molecule has 0 unspecified atom stereocenters. The molecule has 88 valence electrons. The monoisotopic (exact) mass is 244 g/mol. The summed E-state index contributed by atoms with van der Waals surface area (Å²) in [6.07, 6.45) is 0. The summed E-state index contributed by atoms with van der Waals surface area (Å²) in [6.45, 7) is 0.0881. The van der Waals surface area contributed by atoms with E-state index in [2.05, 4.69) is 5.16 Å². The van der Waals surface area contributed by atoms with E-state index in [-0.39, 0.29) is 12.4 Å². The first-order valence-corrected chi connectivity index (χ1v) is 5.79. The zero-order valence-corrected chi connectivity index (χ0v) is 9.38. The maximum absolute atomic E-state index is 13.0. The van der Waals surface area contributed by atoms with E-state index in [0.717, 1.165) is 5.56 Å². The minimum Gasteiger partial charge on any atom is -0.409 e. The number of aliphatic hydroxyl groups excluding tert-OH is 1. The fourth-order valence-corrected chi connectivity index (χ4v) is 1.96. The van der Waals surface area contributed by atoms with Crippen LogP contribution in [0.15, 0.2) is 23.4 Å². The molecule has 0 fully saturated rings. The Morgan fingerprint density at radius 1 is 1.50 bits per heavy atom. The Hall–Kier alpha value is -1.27. The van der Waals surface area contributed by atoms with Gasteiger partial charge in [-0.15, -0.1) is 0 Å². The molecule has 0 aliphatic heterocycles. The Morgan fingerprint density at radius 2 is 2.25 bits per heavy atom. The van der Waals surface area contributed by atoms with Crippen LogP contribution in [0.1, 0.15) is 11.1 Å². The van der Waals surface area contributed by atoms with Gasteiger partial charge in [0, 0.05) is 17.1 Å². The molecule has 16 heavy (non-hydrogen) atoms. The minimum absolute atomic E-state index is 0.0881. The number of hydrogen-bond acceptors (Lipinski definition) is 4. The molecule has 1 aromatic carbocycles. The Kier molecular flexibility index (Phi) is 5.07. The van der Waals surface area contributed by atoms with Crippen molar-refractivity contribution in [1.82, 2.24) is 0 Å². The van der Waals surface area contributed by atoms with Crippen molar-refractivity contribution < 1.29 is 14.7 Å². The highest BCUT2D eigenvalue weighted by molar-refractivity contribution is 7.98. The Balaban J connectivity index is 2.89. The van der Waals surface area contributed by atoms with Crippen LogP contribution in [0.5, 0.6) is 0 Å². The summed E-state index contributed by atoms with van der Waals surface area (Å²) in [5.41, 5.74) is 6.60. The number of nitrogens with two attached hydrogens (primary N) is 1. The van der Waals surface area contributed by atoms with Gasteiger partial charge >= 0.3 is 0 Å². The molecule has 0 aliphatic carbocycles. The van der Waals surface area contributed by atoms with E-state index in [1.807, 2.05) is 0 Å². The number of nitrogens with zero attached hydrogens (tertiary/aromatic N) is 1. The smallest absolute Gasteiger partial charge is 0.170 e. The lowest BCUT2D eigenvalue weighted by atomic mass is 10.1. The Labute approximate surface area is 97.0 Å². The quantitative estimate of drug-likeness (QED) is 0.239. The van der Waals surface area contributed by atoms with Crippen LogP contribution in [0.2, 0.25) is 0 Å². The zero-order valence-electron chi connectivity index (χ0n) is 8.56. The third-order valence-electron chi connectivity index (χ3n) is 1.95. The first-order valence-electron chi connectivity index (χ1n) is 4.64. The minimum atomic E-state index is -0.433. The van der Waals surface area contributed by atoms with Crippen LogP contribution < -0.4 is 5.73 Å². The van der Waals surface area contributed by atoms with Gasteiger partial charge in [-0.25, -0.2) is 4.39 Å². The van der Waals surface area contributed by atoms with Gasteiger partial charge in [-0.2, -0.15) is 11.8 Å². The summed E-state index contributed by atoms with van der Waals surface area (Å²) in [5, 5.41) is 20.1. The normalized spacial score (nSPS) is 11.8. The summed E-state index contributed by atoms with van der Waals surface area (Å²) in [5.74, 6) is 0.621. The molecule has 0 aromatic heterocycles. The molecule has 0 spiro atoms. The van der Waals surface area contributed by atoms with Crippen molar-refractivity contribution in [2.45, 2.75) is 5.75 Å². The summed E-state index contributed by atoms with van der Waals surface area (Å²) in [4.78, 5) is 0. The second-order valence-corrected chi connectivity index (χ2v) is 4.17. The van der Waals surface area contributed by atoms with Gasteiger partial charge in [0.05, 0.1) is 6.61 Å². The van der Waals surface area contributed by atoms with Gasteiger partial charge in [0.1, 0.15) is 5.82 Å².